The van der Waals surface area contributed by atoms with Gasteiger partial charge >= 0.3 is 5.97 Å². The molecule has 9 heteroatoms. The average molecular weight is 423 g/mol. The predicted molar refractivity (Wildman–Crippen MR) is 104 cm³/mol. The van der Waals surface area contributed by atoms with Crippen LogP contribution in [-0.2, 0) is 14.8 Å². The zero-order valence-electron chi connectivity index (χ0n) is 15.2. The molecule has 0 aromatic heterocycles. The maximum absolute atomic E-state index is 12.7. The zero-order valence-corrected chi connectivity index (χ0v) is 16.7. The van der Waals surface area contributed by atoms with Gasteiger partial charge in [0.1, 0.15) is 0 Å². The quantitative estimate of drug-likeness (QED) is 0.706. The van der Waals surface area contributed by atoms with Crippen LogP contribution in [0.5, 0.6) is 0 Å². The van der Waals surface area contributed by atoms with Gasteiger partial charge in [0, 0.05) is 36.8 Å². The molecule has 0 saturated carbocycles. The number of carbonyl (C=O) groups excluding carboxylic acids is 2. The number of rotatable bonds is 4. The van der Waals surface area contributed by atoms with Crippen LogP contribution in [-0.4, -0.2) is 62.8 Å². The first-order valence-corrected chi connectivity index (χ1v) is 10.4. The van der Waals surface area contributed by atoms with Gasteiger partial charge in [0.15, 0.2) is 0 Å². The van der Waals surface area contributed by atoms with Crippen LogP contribution in [0.4, 0.5) is 0 Å². The highest BCUT2D eigenvalue weighted by atomic mass is 35.5. The number of benzene rings is 2. The average Bonchev–Trinajstić information content (AvgIpc) is 2.73. The zero-order chi connectivity index (χ0) is 20.3. The van der Waals surface area contributed by atoms with Crippen molar-refractivity contribution in [3.63, 3.8) is 0 Å². The number of esters is 1. The van der Waals surface area contributed by atoms with E-state index >= 15 is 0 Å². The van der Waals surface area contributed by atoms with E-state index in [1.54, 1.807) is 23.1 Å². The Morgan fingerprint density at radius 3 is 2.18 bits per heavy atom. The number of halogens is 1. The summed E-state index contributed by atoms with van der Waals surface area (Å²) in [6.45, 7) is 0.892. The highest BCUT2D eigenvalue weighted by molar-refractivity contribution is 7.89. The second kappa shape index (κ2) is 8.30. The molecule has 1 aliphatic heterocycles. The summed E-state index contributed by atoms with van der Waals surface area (Å²) in [5.74, 6) is -0.775. The van der Waals surface area contributed by atoms with Gasteiger partial charge in [-0.3, -0.25) is 4.79 Å². The molecule has 1 fully saturated rings. The van der Waals surface area contributed by atoms with E-state index in [2.05, 4.69) is 4.74 Å². The predicted octanol–water partition coefficient (Wildman–Crippen LogP) is 2.27. The van der Waals surface area contributed by atoms with E-state index < -0.39 is 16.0 Å². The molecule has 148 valence electrons. The molecule has 7 nitrogen and oxygen atoms in total. The first-order valence-electron chi connectivity index (χ1n) is 8.56. The Kier molecular flexibility index (Phi) is 6.02. The number of carbonyl (C=O) groups is 2. The highest BCUT2D eigenvalue weighted by Crippen LogP contribution is 2.20. The Hall–Kier alpha value is -2.42. The second-order valence-electron chi connectivity index (χ2n) is 6.22. The highest BCUT2D eigenvalue weighted by Gasteiger charge is 2.30. The number of amides is 1. The molecule has 0 bridgehead atoms. The lowest BCUT2D eigenvalue weighted by Gasteiger charge is -2.34. The first kappa shape index (κ1) is 20.3. The van der Waals surface area contributed by atoms with Crippen LogP contribution in [0.2, 0.25) is 5.02 Å². The number of hydrogen-bond donors (Lipinski definition) is 0. The SMILES string of the molecule is COC(=O)c1cccc(C(=O)N2CCN(S(=O)(=O)c3ccc(Cl)cc3)CC2)c1. The number of hydrogen-bond acceptors (Lipinski definition) is 5. The molecule has 0 radical (unpaired) electrons. The fraction of sp³-hybridized carbons (Fsp3) is 0.263. The minimum atomic E-state index is -3.64. The molecule has 0 unspecified atom stereocenters. The van der Waals surface area contributed by atoms with Gasteiger partial charge in [-0.25, -0.2) is 13.2 Å². The fourth-order valence-corrected chi connectivity index (χ4v) is 4.51. The summed E-state index contributed by atoms with van der Waals surface area (Å²) >= 11 is 5.82. The fourth-order valence-electron chi connectivity index (χ4n) is 2.97. The third kappa shape index (κ3) is 4.19. The van der Waals surface area contributed by atoms with Crippen LogP contribution in [0, 0.1) is 0 Å². The monoisotopic (exact) mass is 422 g/mol. The Bertz CT molecular complexity index is 984. The van der Waals surface area contributed by atoms with Crippen LogP contribution in [0.3, 0.4) is 0 Å². The van der Waals surface area contributed by atoms with Gasteiger partial charge in [0.05, 0.1) is 17.6 Å². The topological polar surface area (TPSA) is 84.0 Å². The van der Waals surface area contributed by atoms with Crippen molar-refractivity contribution >= 4 is 33.5 Å². The minimum Gasteiger partial charge on any atom is -0.465 e. The minimum absolute atomic E-state index is 0.169. The van der Waals surface area contributed by atoms with E-state index in [-0.39, 0.29) is 42.5 Å². The third-order valence-electron chi connectivity index (χ3n) is 4.51. The maximum Gasteiger partial charge on any atom is 0.337 e. The smallest absolute Gasteiger partial charge is 0.337 e. The van der Waals surface area contributed by atoms with E-state index in [0.29, 0.717) is 10.6 Å². The van der Waals surface area contributed by atoms with Gasteiger partial charge in [0.25, 0.3) is 5.91 Å². The molecule has 1 amide bonds. The van der Waals surface area contributed by atoms with Gasteiger partial charge in [-0.05, 0) is 42.5 Å². The molecule has 0 N–H and O–H groups in total. The summed E-state index contributed by atoms with van der Waals surface area (Å²) in [6.07, 6.45) is 0. The van der Waals surface area contributed by atoms with Crippen molar-refractivity contribution < 1.29 is 22.7 Å². The van der Waals surface area contributed by atoms with E-state index in [1.807, 2.05) is 0 Å². The van der Waals surface area contributed by atoms with E-state index in [9.17, 15) is 18.0 Å². The van der Waals surface area contributed by atoms with E-state index in [0.717, 1.165) is 0 Å². The molecule has 2 aromatic rings. The molecule has 2 aromatic carbocycles. The number of nitrogens with zero attached hydrogens (tertiary/aromatic N) is 2. The lowest BCUT2D eigenvalue weighted by molar-refractivity contribution is 0.0600. The third-order valence-corrected chi connectivity index (χ3v) is 6.67. The van der Waals surface area contributed by atoms with Crippen molar-refractivity contribution in [2.24, 2.45) is 0 Å². The Labute approximate surface area is 168 Å². The summed E-state index contributed by atoms with van der Waals surface area (Å²) in [6, 6.07) is 12.3. The second-order valence-corrected chi connectivity index (χ2v) is 8.60. The molecule has 0 aliphatic carbocycles. The summed E-state index contributed by atoms with van der Waals surface area (Å²) in [5.41, 5.74) is 0.647. The van der Waals surface area contributed by atoms with Crippen LogP contribution in [0.1, 0.15) is 20.7 Å². The van der Waals surface area contributed by atoms with Gasteiger partial charge in [-0.15, -0.1) is 0 Å². The molecule has 0 spiro atoms. The molecule has 0 atom stereocenters. The summed E-state index contributed by atoms with van der Waals surface area (Å²) in [4.78, 5) is 26.1. The molecular formula is C19H19ClN2O5S. The first-order chi connectivity index (χ1) is 13.3. The van der Waals surface area contributed by atoms with E-state index in [4.69, 9.17) is 11.6 Å². The molecule has 3 rings (SSSR count). The van der Waals surface area contributed by atoms with Gasteiger partial charge in [0.2, 0.25) is 10.0 Å². The standard InChI is InChI=1S/C19H19ClN2O5S/c1-27-19(24)15-4-2-3-14(13-15)18(23)21-9-11-22(12-10-21)28(25,26)17-7-5-16(20)6-8-17/h2-8,13H,9-12H2,1H3. The van der Waals surface area contributed by atoms with Crippen LogP contribution in [0.15, 0.2) is 53.4 Å². The summed E-state index contributed by atoms with van der Waals surface area (Å²) in [7, 11) is -2.36. The van der Waals surface area contributed by atoms with Crippen LogP contribution >= 0.6 is 11.6 Å². The van der Waals surface area contributed by atoms with Crippen molar-refractivity contribution in [2.75, 3.05) is 33.3 Å². The lowest BCUT2D eigenvalue weighted by Crippen LogP contribution is -2.50. The Balaban J connectivity index is 1.69. The van der Waals surface area contributed by atoms with Gasteiger partial charge < -0.3 is 9.64 Å². The van der Waals surface area contributed by atoms with Crippen LogP contribution < -0.4 is 0 Å². The van der Waals surface area contributed by atoms with Gasteiger partial charge in [-0.2, -0.15) is 4.31 Å². The normalized spacial score (nSPS) is 15.3. The molecule has 1 heterocycles. The summed E-state index contributed by atoms with van der Waals surface area (Å²) < 4.78 is 31.5. The molecule has 1 aliphatic rings. The van der Waals surface area contributed by atoms with Crippen molar-refractivity contribution in [3.05, 3.63) is 64.7 Å². The maximum atomic E-state index is 12.7. The lowest BCUT2D eigenvalue weighted by atomic mass is 10.1. The number of piperazine rings is 1. The number of ether oxygens (including phenoxy) is 1. The van der Waals surface area contributed by atoms with Crippen molar-refractivity contribution in [1.29, 1.82) is 0 Å². The number of sulfonamides is 1. The number of methoxy groups -OCH3 is 1. The summed E-state index contributed by atoms with van der Waals surface area (Å²) in [5, 5.41) is 0.462. The Morgan fingerprint density at radius 2 is 1.57 bits per heavy atom. The molecule has 28 heavy (non-hydrogen) atoms. The van der Waals surface area contributed by atoms with Crippen LogP contribution in [0.25, 0.3) is 0 Å². The molecule has 1 saturated heterocycles. The van der Waals surface area contributed by atoms with E-state index in [1.165, 1.54) is 41.7 Å². The largest absolute Gasteiger partial charge is 0.465 e. The molecular weight excluding hydrogens is 404 g/mol. The van der Waals surface area contributed by atoms with Gasteiger partial charge in [-0.1, -0.05) is 17.7 Å². The Morgan fingerprint density at radius 1 is 0.964 bits per heavy atom. The van der Waals surface area contributed by atoms with Crippen molar-refractivity contribution in [1.82, 2.24) is 9.21 Å². The van der Waals surface area contributed by atoms with Crippen molar-refractivity contribution in [3.8, 4) is 0 Å². The van der Waals surface area contributed by atoms with Crippen molar-refractivity contribution in [2.45, 2.75) is 4.90 Å².